The molecule has 0 bridgehead atoms. The highest BCUT2D eigenvalue weighted by molar-refractivity contribution is 6.30. The molecule has 6 nitrogen and oxygen atoms in total. The van der Waals surface area contributed by atoms with Crippen molar-refractivity contribution in [1.29, 1.82) is 0 Å². The minimum Gasteiger partial charge on any atom is -0.477 e. The van der Waals surface area contributed by atoms with Gasteiger partial charge in [0.2, 0.25) is 5.88 Å². The van der Waals surface area contributed by atoms with Crippen LogP contribution < -0.4 is 4.74 Å². The first kappa shape index (κ1) is 23.7. The molecule has 0 aliphatic carbocycles. The maximum absolute atomic E-state index is 12.1. The van der Waals surface area contributed by atoms with Gasteiger partial charge in [0, 0.05) is 17.2 Å². The molecule has 1 aromatic heterocycles. The number of halogens is 1. The summed E-state index contributed by atoms with van der Waals surface area (Å²) in [6.45, 7) is 0.851. The van der Waals surface area contributed by atoms with Crippen molar-refractivity contribution in [3.8, 4) is 17.3 Å². The van der Waals surface area contributed by atoms with Crippen LogP contribution in [-0.2, 0) is 14.3 Å². The lowest BCUT2D eigenvalue weighted by Gasteiger charge is -2.16. The Kier molecular flexibility index (Phi) is 8.07. The molecule has 0 fully saturated rings. The second-order valence-corrected chi connectivity index (χ2v) is 8.06. The number of hydrogen-bond acceptors (Lipinski definition) is 6. The number of para-hydroxylation sites is 1. The molecule has 7 heteroatoms. The number of carbonyl (C=O) groups is 1. The van der Waals surface area contributed by atoms with E-state index in [0.29, 0.717) is 36.4 Å². The maximum Gasteiger partial charge on any atom is 0.339 e. The van der Waals surface area contributed by atoms with E-state index in [2.05, 4.69) is 9.97 Å². The largest absolute Gasteiger partial charge is 0.477 e. The fourth-order valence-corrected chi connectivity index (χ4v) is 3.71. The monoisotopic (exact) mass is 476 g/mol. The van der Waals surface area contributed by atoms with Crippen molar-refractivity contribution in [2.24, 2.45) is 0 Å². The summed E-state index contributed by atoms with van der Waals surface area (Å²) in [4.78, 5) is 21.4. The topological polar surface area (TPSA) is 70.5 Å². The van der Waals surface area contributed by atoms with Crippen LogP contribution >= 0.6 is 11.6 Å². The Morgan fingerprint density at radius 3 is 2.47 bits per heavy atom. The molecule has 0 radical (unpaired) electrons. The average molecular weight is 477 g/mol. The smallest absolute Gasteiger partial charge is 0.339 e. The highest BCUT2D eigenvalue weighted by Crippen LogP contribution is 2.28. The van der Waals surface area contributed by atoms with Gasteiger partial charge in [-0.25, -0.2) is 9.78 Å². The number of esters is 1. The Hall–Kier alpha value is -3.48. The summed E-state index contributed by atoms with van der Waals surface area (Å²) >= 11 is 6.15. The zero-order valence-corrected chi connectivity index (χ0v) is 19.6. The van der Waals surface area contributed by atoms with Crippen LogP contribution in [0.15, 0.2) is 78.9 Å². The molecule has 1 heterocycles. The number of hydrogen-bond donors (Lipinski definition) is 0. The SMILES string of the molecule is COC(=O)C(OCCCCOc1nc(-c2cccc(Cl)c2)nc2ccccc12)c1ccccc1. The van der Waals surface area contributed by atoms with E-state index in [9.17, 15) is 4.79 Å². The molecule has 0 spiro atoms. The Balaban J connectivity index is 1.37. The third kappa shape index (κ3) is 5.90. The summed E-state index contributed by atoms with van der Waals surface area (Å²) < 4.78 is 16.8. The molecular weight excluding hydrogens is 452 g/mol. The van der Waals surface area contributed by atoms with Gasteiger partial charge in [-0.1, -0.05) is 66.2 Å². The number of ether oxygens (including phenoxy) is 3. The summed E-state index contributed by atoms with van der Waals surface area (Å²) in [6, 6.07) is 24.5. The van der Waals surface area contributed by atoms with Crippen LogP contribution in [0.2, 0.25) is 5.02 Å². The predicted molar refractivity (Wildman–Crippen MR) is 132 cm³/mol. The first-order valence-corrected chi connectivity index (χ1v) is 11.4. The van der Waals surface area contributed by atoms with Crippen molar-refractivity contribution in [3.63, 3.8) is 0 Å². The van der Waals surface area contributed by atoms with Crippen LogP contribution in [0.25, 0.3) is 22.3 Å². The zero-order chi connectivity index (χ0) is 23.8. The zero-order valence-electron chi connectivity index (χ0n) is 18.8. The van der Waals surface area contributed by atoms with Gasteiger partial charge in [0.1, 0.15) is 0 Å². The van der Waals surface area contributed by atoms with Gasteiger partial charge in [0.15, 0.2) is 11.9 Å². The fraction of sp³-hybridized carbons (Fsp3) is 0.222. The molecule has 0 saturated heterocycles. The highest BCUT2D eigenvalue weighted by atomic mass is 35.5. The van der Waals surface area contributed by atoms with E-state index in [0.717, 1.165) is 28.5 Å². The van der Waals surface area contributed by atoms with Crippen LogP contribution in [0.1, 0.15) is 24.5 Å². The molecular formula is C27H25ClN2O4. The Morgan fingerprint density at radius 1 is 0.912 bits per heavy atom. The van der Waals surface area contributed by atoms with Gasteiger partial charge in [0.05, 0.1) is 24.6 Å². The number of fused-ring (bicyclic) bond motifs is 1. The lowest BCUT2D eigenvalue weighted by atomic mass is 10.1. The van der Waals surface area contributed by atoms with E-state index in [1.54, 1.807) is 0 Å². The van der Waals surface area contributed by atoms with Gasteiger partial charge in [-0.2, -0.15) is 4.98 Å². The van der Waals surface area contributed by atoms with Gasteiger partial charge in [-0.3, -0.25) is 0 Å². The van der Waals surface area contributed by atoms with Crippen molar-refractivity contribution in [2.45, 2.75) is 18.9 Å². The Morgan fingerprint density at radius 2 is 1.68 bits per heavy atom. The molecule has 0 aliphatic heterocycles. The van der Waals surface area contributed by atoms with Gasteiger partial charge in [-0.05, 0) is 42.7 Å². The lowest BCUT2D eigenvalue weighted by molar-refractivity contribution is -0.154. The summed E-state index contributed by atoms with van der Waals surface area (Å²) in [6.07, 6.45) is 0.705. The standard InChI is InChI=1S/C27H25ClN2O4/c1-32-27(31)24(19-10-3-2-4-11-19)33-16-7-8-17-34-26-22-14-5-6-15-23(22)29-25(30-26)20-12-9-13-21(28)18-20/h2-6,9-15,18,24H,7-8,16-17H2,1H3. The molecule has 0 N–H and O–H groups in total. The van der Waals surface area contributed by atoms with Crippen molar-refractivity contribution < 1.29 is 19.0 Å². The second kappa shape index (κ2) is 11.6. The molecule has 0 saturated carbocycles. The Labute approximate surface area is 203 Å². The van der Waals surface area contributed by atoms with Crippen molar-refractivity contribution in [1.82, 2.24) is 9.97 Å². The summed E-state index contributed by atoms with van der Waals surface area (Å²) in [5.41, 5.74) is 2.40. The highest BCUT2D eigenvalue weighted by Gasteiger charge is 2.21. The maximum atomic E-state index is 12.1. The van der Waals surface area contributed by atoms with Crippen LogP contribution in [0.4, 0.5) is 0 Å². The molecule has 0 amide bonds. The summed E-state index contributed by atoms with van der Waals surface area (Å²) in [7, 11) is 1.36. The molecule has 0 aliphatic rings. The molecule has 3 aromatic carbocycles. The number of aromatic nitrogens is 2. The second-order valence-electron chi connectivity index (χ2n) is 7.62. The van der Waals surface area contributed by atoms with Gasteiger partial charge in [0.25, 0.3) is 0 Å². The first-order chi connectivity index (χ1) is 16.7. The quantitative estimate of drug-likeness (QED) is 0.205. The molecule has 1 atom stereocenters. The normalized spacial score (nSPS) is 11.8. The molecule has 4 rings (SSSR count). The van der Waals surface area contributed by atoms with Gasteiger partial charge >= 0.3 is 5.97 Å². The van der Waals surface area contributed by atoms with E-state index < -0.39 is 12.1 Å². The first-order valence-electron chi connectivity index (χ1n) is 11.1. The lowest BCUT2D eigenvalue weighted by Crippen LogP contribution is -2.18. The number of rotatable bonds is 10. The van der Waals surface area contributed by atoms with Crippen LogP contribution in [0, 0.1) is 0 Å². The van der Waals surface area contributed by atoms with Crippen molar-refractivity contribution >= 4 is 28.5 Å². The molecule has 1 unspecified atom stereocenters. The minimum atomic E-state index is -0.738. The van der Waals surface area contributed by atoms with E-state index in [4.69, 9.17) is 25.8 Å². The number of unbranched alkanes of at least 4 members (excludes halogenated alkanes) is 1. The molecule has 4 aromatic rings. The predicted octanol–water partition coefficient (Wildman–Crippen LogP) is 6.04. The van der Waals surface area contributed by atoms with E-state index >= 15 is 0 Å². The van der Waals surface area contributed by atoms with Crippen molar-refractivity contribution in [3.05, 3.63) is 89.4 Å². The van der Waals surface area contributed by atoms with Gasteiger partial charge in [-0.15, -0.1) is 0 Å². The van der Waals surface area contributed by atoms with Crippen molar-refractivity contribution in [2.75, 3.05) is 20.3 Å². The van der Waals surface area contributed by atoms with E-state index in [-0.39, 0.29) is 0 Å². The average Bonchev–Trinajstić information content (AvgIpc) is 2.88. The molecule has 34 heavy (non-hydrogen) atoms. The minimum absolute atomic E-state index is 0.399. The van der Waals surface area contributed by atoms with Gasteiger partial charge < -0.3 is 14.2 Å². The summed E-state index contributed by atoms with van der Waals surface area (Å²) in [5.74, 6) is 0.671. The molecule has 174 valence electrons. The number of nitrogens with zero attached hydrogens (tertiary/aromatic N) is 2. The third-order valence-corrected chi connectivity index (χ3v) is 5.47. The fourth-order valence-electron chi connectivity index (χ4n) is 3.52. The van der Waals surface area contributed by atoms with Crippen LogP contribution in [-0.4, -0.2) is 36.3 Å². The number of methoxy groups -OCH3 is 1. The van der Waals surface area contributed by atoms with E-state index in [1.165, 1.54) is 7.11 Å². The summed E-state index contributed by atoms with van der Waals surface area (Å²) in [5, 5.41) is 1.47. The van der Waals surface area contributed by atoms with Crippen LogP contribution in [0.5, 0.6) is 5.88 Å². The van der Waals surface area contributed by atoms with Crippen LogP contribution in [0.3, 0.4) is 0 Å². The van der Waals surface area contributed by atoms with E-state index in [1.807, 2.05) is 78.9 Å². The number of benzene rings is 3. The Bertz CT molecular complexity index is 1250. The third-order valence-electron chi connectivity index (χ3n) is 5.23. The number of carbonyl (C=O) groups excluding carboxylic acids is 1.